The van der Waals surface area contributed by atoms with E-state index in [0.29, 0.717) is 26.1 Å². The van der Waals surface area contributed by atoms with Crippen molar-refractivity contribution >= 4 is 35.1 Å². The molecule has 26 heavy (non-hydrogen) atoms. The van der Waals surface area contributed by atoms with E-state index in [4.69, 9.17) is 17.0 Å². The SMILES string of the molecule is CCCOC(=O)C[C@H]1C(=O)NCCN1C(=S)NC(=O)Cc1ccccc1. The van der Waals surface area contributed by atoms with Crippen LogP contribution >= 0.6 is 12.2 Å². The van der Waals surface area contributed by atoms with Crippen molar-refractivity contribution in [3.05, 3.63) is 35.9 Å². The lowest BCUT2D eigenvalue weighted by atomic mass is 10.1. The first-order chi connectivity index (χ1) is 12.5. The van der Waals surface area contributed by atoms with Crippen LogP contribution in [-0.4, -0.2) is 53.5 Å². The van der Waals surface area contributed by atoms with Crippen LogP contribution in [0.5, 0.6) is 0 Å². The number of benzene rings is 1. The molecule has 2 rings (SSSR count). The van der Waals surface area contributed by atoms with Crippen molar-refractivity contribution in [1.29, 1.82) is 0 Å². The fraction of sp³-hybridized carbons (Fsp3) is 0.444. The number of amides is 2. The summed E-state index contributed by atoms with van der Waals surface area (Å²) in [6, 6.07) is 8.51. The van der Waals surface area contributed by atoms with Crippen molar-refractivity contribution in [2.24, 2.45) is 0 Å². The highest BCUT2D eigenvalue weighted by atomic mass is 32.1. The predicted molar refractivity (Wildman–Crippen MR) is 100 cm³/mol. The zero-order chi connectivity index (χ0) is 18.9. The standard InChI is InChI=1S/C18H23N3O4S/c1-2-10-25-16(23)12-14-17(24)19-8-9-21(14)18(26)20-15(22)11-13-6-4-3-5-7-13/h3-7,14H,2,8-12H2,1H3,(H,19,24)(H,20,22,26)/t14-/m0/s1. The lowest BCUT2D eigenvalue weighted by Crippen LogP contribution is -2.60. The summed E-state index contributed by atoms with van der Waals surface area (Å²) in [5.41, 5.74) is 0.865. The summed E-state index contributed by atoms with van der Waals surface area (Å²) in [5, 5.41) is 5.51. The van der Waals surface area contributed by atoms with Gasteiger partial charge < -0.3 is 20.3 Å². The van der Waals surface area contributed by atoms with Gasteiger partial charge >= 0.3 is 5.97 Å². The number of esters is 1. The van der Waals surface area contributed by atoms with Gasteiger partial charge in [-0.25, -0.2) is 0 Å². The number of nitrogens with one attached hydrogen (secondary N) is 2. The molecule has 1 aromatic rings. The number of carbonyl (C=O) groups is 3. The minimum absolute atomic E-state index is 0.111. The second kappa shape index (κ2) is 9.86. The summed E-state index contributed by atoms with van der Waals surface area (Å²) in [6.45, 7) is 3.02. The molecule has 0 aliphatic carbocycles. The van der Waals surface area contributed by atoms with Gasteiger partial charge in [0, 0.05) is 13.1 Å². The third-order valence-corrected chi connectivity index (χ3v) is 4.21. The molecule has 2 N–H and O–H groups in total. The van der Waals surface area contributed by atoms with E-state index >= 15 is 0 Å². The number of nitrogens with zero attached hydrogens (tertiary/aromatic N) is 1. The van der Waals surface area contributed by atoms with Gasteiger partial charge in [-0.1, -0.05) is 37.3 Å². The molecule has 2 amide bonds. The Bertz CT molecular complexity index is 666. The molecule has 0 bridgehead atoms. The summed E-state index contributed by atoms with van der Waals surface area (Å²) in [6.07, 6.45) is 0.783. The normalized spacial score (nSPS) is 16.6. The number of hydrogen-bond donors (Lipinski definition) is 2. The van der Waals surface area contributed by atoms with Crippen LogP contribution in [0, 0.1) is 0 Å². The second-order valence-electron chi connectivity index (χ2n) is 5.94. The molecule has 1 heterocycles. The Hall–Kier alpha value is -2.48. The summed E-state index contributed by atoms with van der Waals surface area (Å²) in [7, 11) is 0. The van der Waals surface area contributed by atoms with Gasteiger partial charge in [-0.2, -0.15) is 0 Å². The highest BCUT2D eigenvalue weighted by Crippen LogP contribution is 2.11. The molecule has 1 atom stereocenters. The van der Waals surface area contributed by atoms with Crippen LogP contribution < -0.4 is 10.6 Å². The topological polar surface area (TPSA) is 87.7 Å². The van der Waals surface area contributed by atoms with E-state index in [2.05, 4.69) is 10.6 Å². The lowest BCUT2D eigenvalue weighted by Gasteiger charge is -2.36. The first-order valence-electron chi connectivity index (χ1n) is 8.59. The Balaban J connectivity index is 1.96. The lowest BCUT2D eigenvalue weighted by molar-refractivity contribution is -0.147. The molecule has 1 saturated heterocycles. The molecule has 0 unspecified atom stereocenters. The van der Waals surface area contributed by atoms with Gasteiger partial charge in [-0.15, -0.1) is 0 Å². The van der Waals surface area contributed by atoms with E-state index in [0.717, 1.165) is 5.56 Å². The fourth-order valence-electron chi connectivity index (χ4n) is 2.61. The van der Waals surface area contributed by atoms with Crippen LogP contribution in [0.1, 0.15) is 25.3 Å². The molecule has 1 aromatic carbocycles. The van der Waals surface area contributed by atoms with Gasteiger partial charge in [-0.05, 0) is 24.2 Å². The maximum absolute atomic E-state index is 12.2. The molecule has 0 aromatic heterocycles. The Labute approximate surface area is 158 Å². The van der Waals surface area contributed by atoms with Gasteiger partial charge in [0.25, 0.3) is 0 Å². The minimum atomic E-state index is -0.780. The van der Waals surface area contributed by atoms with Crippen molar-refractivity contribution in [2.45, 2.75) is 32.2 Å². The maximum atomic E-state index is 12.2. The minimum Gasteiger partial charge on any atom is -0.466 e. The van der Waals surface area contributed by atoms with Gasteiger partial charge in [0.2, 0.25) is 11.8 Å². The van der Waals surface area contributed by atoms with Crippen LogP contribution in [-0.2, 0) is 25.5 Å². The number of ether oxygens (including phenoxy) is 1. The van der Waals surface area contributed by atoms with Crippen LogP contribution in [0.15, 0.2) is 30.3 Å². The third kappa shape index (κ3) is 5.80. The molecule has 1 aliphatic rings. The average molecular weight is 377 g/mol. The second-order valence-corrected chi connectivity index (χ2v) is 6.33. The van der Waals surface area contributed by atoms with E-state index in [1.165, 1.54) is 0 Å². The summed E-state index contributed by atoms with van der Waals surface area (Å²) < 4.78 is 5.05. The number of rotatable bonds is 6. The number of carbonyl (C=O) groups excluding carboxylic acids is 3. The molecule has 7 nitrogen and oxygen atoms in total. The van der Waals surface area contributed by atoms with Crippen molar-refractivity contribution in [3.63, 3.8) is 0 Å². The highest BCUT2D eigenvalue weighted by Gasteiger charge is 2.34. The molecular weight excluding hydrogens is 354 g/mol. The summed E-state index contributed by atoms with van der Waals surface area (Å²) >= 11 is 5.30. The zero-order valence-corrected chi connectivity index (χ0v) is 15.5. The van der Waals surface area contributed by atoms with E-state index in [1.807, 2.05) is 37.3 Å². The van der Waals surface area contributed by atoms with Crippen LogP contribution in [0.3, 0.4) is 0 Å². The first kappa shape index (κ1) is 19.8. The van der Waals surface area contributed by atoms with E-state index in [9.17, 15) is 14.4 Å². The Kier molecular flexibility index (Phi) is 7.53. The first-order valence-corrected chi connectivity index (χ1v) is 8.99. The quantitative estimate of drug-likeness (QED) is 0.563. The highest BCUT2D eigenvalue weighted by molar-refractivity contribution is 7.80. The molecule has 0 radical (unpaired) electrons. The molecule has 1 aliphatic heterocycles. The van der Waals surface area contributed by atoms with Crippen molar-refractivity contribution in [3.8, 4) is 0 Å². The average Bonchev–Trinajstić information content (AvgIpc) is 2.62. The molecule has 0 spiro atoms. The zero-order valence-electron chi connectivity index (χ0n) is 14.7. The summed E-state index contributed by atoms with van der Waals surface area (Å²) in [5.74, 6) is -1.03. The number of piperazine rings is 1. The van der Waals surface area contributed by atoms with Gasteiger partial charge in [0.15, 0.2) is 5.11 Å². The Morgan fingerprint density at radius 1 is 1.35 bits per heavy atom. The Morgan fingerprint density at radius 3 is 2.77 bits per heavy atom. The van der Waals surface area contributed by atoms with E-state index < -0.39 is 12.0 Å². The van der Waals surface area contributed by atoms with Crippen LogP contribution in [0.4, 0.5) is 0 Å². The van der Waals surface area contributed by atoms with Crippen LogP contribution in [0.2, 0.25) is 0 Å². The third-order valence-electron chi connectivity index (χ3n) is 3.87. The Morgan fingerprint density at radius 2 is 2.08 bits per heavy atom. The molecule has 8 heteroatoms. The van der Waals surface area contributed by atoms with Gasteiger partial charge in [0.1, 0.15) is 6.04 Å². The smallest absolute Gasteiger partial charge is 0.308 e. The monoisotopic (exact) mass is 377 g/mol. The van der Waals surface area contributed by atoms with Crippen LogP contribution in [0.25, 0.3) is 0 Å². The predicted octanol–water partition coefficient (Wildman–Crippen LogP) is 0.774. The molecule has 1 fully saturated rings. The van der Waals surface area contributed by atoms with E-state index in [1.54, 1.807) is 4.90 Å². The fourth-order valence-corrected chi connectivity index (χ4v) is 2.94. The van der Waals surface area contributed by atoms with Crippen molar-refractivity contribution < 1.29 is 19.1 Å². The molecule has 140 valence electrons. The van der Waals surface area contributed by atoms with Gasteiger partial charge in [-0.3, -0.25) is 14.4 Å². The largest absolute Gasteiger partial charge is 0.466 e. The molecule has 0 saturated carbocycles. The van der Waals surface area contributed by atoms with E-state index in [-0.39, 0.29) is 29.8 Å². The molecular formula is C18H23N3O4S. The van der Waals surface area contributed by atoms with Crippen molar-refractivity contribution in [2.75, 3.05) is 19.7 Å². The number of thiocarbonyl (C=S) groups is 1. The number of hydrogen-bond acceptors (Lipinski definition) is 5. The van der Waals surface area contributed by atoms with Gasteiger partial charge in [0.05, 0.1) is 19.4 Å². The summed E-state index contributed by atoms with van der Waals surface area (Å²) in [4.78, 5) is 37.8. The van der Waals surface area contributed by atoms with Crippen molar-refractivity contribution in [1.82, 2.24) is 15.5 Å². The maximum Gasteiger partial charge on any atom is 0.308 e.